The molecule has 2 amide bonds. The molecule has 0 bridgehead atoms. The van der Waals surface area contributed by atoms with Crippen LogP contribution in [0, 0.1) is 4.77 Å². The number of thioether (sulfide) groups is 1. The van der Waals surface area contributed by atoms with Crippen LogP contribution in [-0.4, -0.2) is 38.1 Å². The van der Waals surface area contributed by atoms with Crippen molar-refractivity contribution >= 4 is 57.4 Å². The summed E-state index contributed by atoms with van der Waals surface area (Å²) in [6.45, 7) is 2.94. The molecule has 0 radical (unpaired) electrons. The van der Waals surface area contributed by atoms with E-state index < -0.39 is 0 Å². The maximum absolute atomic E-state index is 11.9. The predicted octanol–water partition coefficient (Wildman–Crippen LogP) is 2.71. The first-order valence-electron chi connectivity index (χ1n) is 7.53. The van der Waals surface area contributed by atoms with Crippen LogP contribution in [0.1, 0.15) is 12.7 Å². The number of hydrogen-bond acceptors (Lipinski definition) is 5. The first kappa shape index (κ1) is 19.7. The summed E-state index contributed by atoms with van der Waals surface area (Å²) in [5.74, 6) is 0.773. The molecular formula is C15H18BrN5O2S2. The Morgan fingerprint density at radius 2 is 2.12 bits per heavy atom. The second-order valence-electron chi connectivity index (χ2n) is 5.02. The van der Waals surface area contributed by atoms with Crippen LogP contribution >= 0.6 is 39.9 Å². The van der Waals surface area contributed by atoms with Crippen molar-refractivity contribution in [1.29, 1.82) is 0 Å². The highest BCUT2D eigenvalue weighted by Gasteiger charge is 2.09. The fraction of sp³-hybridized carbons (Fsp3) is 0.333. The fourth-order valence-corrected chi connectivity index (χ4v) is 3.37. The summed E-state index contributed by atoms with van der Waals surface area (Å²) in [5, 5.41) is 12.3. The van der Waals surface area contributed by atoms with Crippen molar-refractivity contribution in [3.05, 3.63) is 39.3 Å². The summed E-state index contributed by atoms with van der Waals surface area (Å²) in [7, 11) is 0. The maximum Gasteiger partial charge on any atom is 0.234 e. The van der Waals surface area contributed by atoms with Crippen molar-refractivity contribution in [3.63, 3.8) is 0 Å². The third-order valence-corrected chi connectivity index (χ3v) is 4.91. The van der Waals surface area contributed by atoms with Crippen LogP contribution in [0.4, 0.5) is 5.69 Å². The van der Waals surface area contributed by atoms with Crippen molar-refractivity contribution in [3.8, 4) is 0 Å². The Balaban J connectivity index is 1.69. The smallest absolute Gasteiger partial charge is 0.234 e. The van der Waals surface area contributed by atoms with Crippen molar-refractivity contribution in [2.75, 3.05) is 16.8 Å². The molecule has 2 rings (SSSR count). The first-order chi connectivity index (χ1) is 12.0. The minimum absolute atomic E-state index is 0.150. The van der Waals surface area contributed by atoms with Gasteiger partial charge in [-0.1, -0.05) is 22.0 Å². The highest BCUT2D eigenvalue weighted by molar-refractivity contribution is 9.10. The number of carbonyl (C=O) groups is 2. The molecule has 1 aromatic carbocycles. The fourth-order valence-electron chi connectivity index (χ4n) is 2.04. The zero-order valence-corrected chi connectivity index (χ0v) is 16.8. The van der Waals surface area contributed by atoms with Crippen molar-refractivity contribution in [2.24, 2.45) is 0 Å². The van der Waals surface area contributed by atoms with Crippen molar-refractivity contribution < 1.29 is 9.59 Å². The van der Waals surface area contributed by atoms with Gasteiger partial charge in [0, 0.05) is 16.7 Å². The van der Waals surface area contributed by atoms with E-state index in [1.165, 1.54) is 11.8 Å². The summed E-state index contributed by atoms with van der Waals surface area (Å²) in [4.78, 5) is 23.7. The number of hydrogen-bond donors (Lipinski definition) is 3. The summed E-state index contributed by atoms with van der Waals surface area (Å²) < 4.78 is 3.24. The second kappa shape index (κ2) is 9.73. The van der Waals surface area contributed by atoms with Crippen LogP contribution in [0.3, 0.4) is 0 Å². The van der Waals surface area contributed by atoms with E-state index in [1.54, 1.807) is 6.07 Å². The van der Waals surface area contributed by atoms with Crippen LogP contribution in [-0.2, 0) is 22.7 Å². The number of benzene rings is 1. The molecule has 134 valence electrons. The molecule has 3 N–H and O–H groups in total. The highest BCUT2D eigenvalue weighted by Crippen LogP contribution is 2.15. The molecule has 0 atom stereocenters. The van der Waals surface area contributed by atoms with Crippen molar-refractivity contribution in [2.45, 2.75) is 20.0 Å². The van der Waals surface area contributed by atoms with Gasteiger partial charge in [0.1, 0.15) is 0 Å². The van der Waals surface area contributed by atoms with Gasteiger partial charge in [0.2, 0.25) is 11.8 Å². The normalized spacial score (nSPS) is 10.5. The molecule has 0 aliphatic rings. The lowest BCUT2D eigenvalue weighted by Gasteiger charge is -2.07. The van der Waals surface area contributed by atoms with Gasteiger partial charge in [0.05, 0.1) is 18.1 Å². The number of H-pyrrole nitrogens is 1. The molecule has 0 saturated carbocycles. The van der Waals surface area contributed by atoms with E-state index in [4.69, 9.17) is 12.2 Å². The van der Waals surface area contributed by atoms with Crippen molar-refractivity contribution in [1.82, 2.24) is 20.1 Å². The molecule has 25 heavy (non-hydrogen) atoms. The summed E-state index contributed by atoms with van der Waals surface area (Å²) in [6, 6.07) is 7.34. The maximum atomic E-state index is 11.9. The van der Waals surface area contributed by atoms with Crippen LogP contribution < -0.4 is 10.6 Å². The van der Waals surface area contributed by atoms with Crippen LogP contribution in [0.15, 0.2) is 28.7 Å². The number of aromatic amines is 1. The van der Waals surface area contributed by atoms with Gasteiger partial charge in [-0.3, -0.25) is 14.7 Å². The van der Waals surface area contributed by atoms with E-state index in [0.717, 1.165) is 4.47 Å². The van der Waals surface area contributed by atoms with Crippen LogP contribution in [0.2, 0.25) is 0 Å². The molecule has 0 saturated heterocycles. The molecular weight excluding hydrogens is 426 g/mol. The summed E-state index contributed by atoms with van der Waals surface area (Å²) >= 11 is 9.69. The largest absolute Gasteiger partial charge is 0.348 e. The molecule has 7 nitrogen and oxygen atoms in total. The third-order valence-electron chi connectivity index (χ3n) is 3.17. The topological polar surface area (TPSA) is 91.8 Å². The second-order valence-corrected chi connectivity index (χ2v) is 7.31. The molecule has 10 heteroatoms. The van der Waals surface area contributed by atoms with E-state index >= 15 is 0 Å². The number of aromatic nitrogens is 3. The number of nitrogens with zero attached hydrogens (tertiary/aromatic N) is 2. The van der Waals surface area contributed by atoms with Gasteiger partial charge in [0.25, 0.3) is 0 Å². The number of rotatable bonds is 8. The highest BCUT2D eigenvalue weighted by atomic mass is 79.9. The number of amides is 2. The average Bonchev–Trinajstić information content (AvgIpc) is 2.92. The Morgan fingerprint density at radius 1 is 1.36 bits per heavy atom. The number of halogens is 1. The lowest BCUT2D eigenvalue weighted by molar-refractivity contribution is -0.118. The Hall–Kier alpha value is -1.65. The molecule has 1 heterocycles. The van der Waals surface area contributed by atoms with E-state index in [9.17, 15) is 9.59 Å². The monoisotopic (exact) mass is 443 g/mol. The average molecular weight is 444 g/mol. The SMILES string of the molecule is CCn1c(CNC(=O)CSCC(=O)Nc2cccc(Br)c2)n[nH]c1=S. The molecule has 0 spiro atoms. The Kier molecular flexibility index (Phi) is 7.66. The van der Waals surface area contributed by atoms with Gasteiger partial charge in [-0.15, -0.1) is 11.8 Å². The van der Waals surface area contributed by atoms with E-state index in [1.807, 2.05) is 29.7 Å². The zero-order valence-electron chi connectivity index (χ0n) is 13.5. The van der Waals surface area contributed by atoms with Gasteiger partial charge in [-0.2, -0.15) is 5.10 Å². The lowest BCUT2D eigenvalue weighted by atomic mass is 10.3. The number of nitrogens with one attached hydrogen (secondary N) is 3. The summed E-state index contributed by atoms with van der Waals surface area (Å²) in [6.07, 6.45) is 0. The Labute approximate surface area is 163 Å². The van der Waals surface area contributed by atoms with Gasteiger partial charge >= 0.3 is 0 Å². The van der Waals surface area contributed by atoms with E-state index in [0.29, 0.717) is 29.4 Å². The molecule has 0 aliphatic carbocycles. The standard InChI is InChI=1S/C15H18BrN5O2S2/c1-2-21-12(19-20-15(21)24)7-17-13(22)8-25-9-14(23)18-11-5-3-4-10(16)6-11/h3-6H,2,7-9H2,1H3,(H,17,22)(H,18,23)(H,20,24). The van der Waals surface area contributed by atoms with Crippen LogP contribution in [0.25, 0.3) is 0 Å². The molecule has 0 fully saturated rings. The van der Waals surface area contributed by atoms with Gasteiger partial charge in [-0.05, 0) is 37.3 Å². The Morgan fingerprint density at radius 3 is 2.84 bits per heavy atom. The van der Waals surface area contributed by atoms with E-state index in [2.05, 4.69) is 36.8 Å². The quantitative estimate of drug-likeness (QED) is 0.545. The first-order valence-corrected chi connectivity index (χ1v) is 9.89. The molecule has 0 aliphatic heterocycles. The predicted molar refractivity (Wildman–Crippen MR) is 105 cm³/mol. The van der Waals surface area contributed by atoms with E-state index in [-0.39, 0.29) is 23.3 Å². The third kappa shape index (κ3) is 6.29. The number of anilines is 1. The van der Waals surface area contributed by atoms with Crippen LogP contribution in [0.5, 0.6) is 0 Å². The van der Waals surface area contributed by atoms with Gasteiger partial charge in [0.15, 0.2) is 10.6 Å². The molecule has 1 aromatic heterocycles. The lowest BCUT2D eigenvalue weighted by Crippen LogP contribution is -2.27. The molecule has 2 aromatic rings. The number of carbonyl (C=O) groups excluding carboxylic acids is 2. The minimum Gasteiger partial charge on any atom is -0.348 e. The molecule has 0 unspecified atom stereocenters. The van der Waals surface area contributed by atoms with Gasteiger partial charge in [-0.25, -0.2) is 0 Å². The zero-order chi connectivity index (χ0) is 18.2. The minimum atomic E-state index is -0.156. The summed E-state index contributed by atoms with van der Waals surface area (Å²) in [5.41, 5.74) is 0.715. The van der Waals surface area contributed by atoms with Gasteiger partial charge < -0.3 is 15.2 Å². The Bertz CT molecular complexity index is 805.